The summed E-state index contributed by atoms with van der Waals surface area (Å²) in [4.78, 5) is 31.3. The SMILES string of the molecule is [2H]c1c([2H])c(-c2nc(-c3ccccc3)nc(-c3ccccc3)n2)c([2H])c(C#N)c1F.[2H]c1c([2H])c(-n2c3ccccc3c3ccc4c(c5ccccc5n4-c4ccccc4)c32)c(C#N)c([2H])c1-c1nc(-c2ccccc2)nc(-c2ccccc2)n1.c1ccc(-n2c3ccccc3c3c4[nH]c5ccccc5c4ccc32)cc1. The van der Waals surface area contributed by atoms with Crippen LogP contribution in [0.15, 0.2) is 340 Å². The molecule has 0 amide bonds. The number of aromatic amines is 1. The third-order valence-electron chi connectivity index (χ3n) is 18.7. The van der Waals surface area contributed by atoms with Gasteiger partial charge in [-0.05, 0) is 96.9 Å². The van der Waals surface area contributed by atoms with Crippen LogP contribution in [0, 0.1) is 28.5 Å². The first-order valence-corrected chi connectivity index (χ1v) is 33.9. The van der Waals surface area contributed by atoms with Crippen LogP contribution in [-0.2, 0) is 0 Å². The predicted octanol–water partition coefficient (Wildman–Crippen LogP) is 22.2. The van der Waals surface area contributed by atoms with E-state index in [2.05, 4.69) is 163 Å². The maximum absolute atomic E-state index is 14.2. The van der Waals surface area contributed by atoms with Crippen molar-refractivity contribution in [3.8, 4) is 97.5 Å². The van der Waals surface area contributed by atoms with Gasteiger partial charge in [0.25, 0.3) is 0 Å². The lowest BCUT2D eigenvalue weighted by Crippen LogP contribution is -2.02. The van der Waals surface area contributed by atoms with Gasteiger partial charge in [-0.25, -0.2) is 34.3 Å². The number of hydrogen-bond acceptors (Lipinski definition) is 8. The number of hydrogen-bond donors (Lipinski definition) is 1. The Bertz CT molecular complexity index is 7070. The van der Waals surface area contributed by atoms with Crippen LogP contribution in [0.2, 0.25) is 0 Å². The van der Waals surface area contributed by atoms with Crippen LogP contribution in [0.3, 0.4) is 0 Å². The molecule has 492 valence electrons. The van der Waals surface area contributed by atoms with Crippen molar-refractivity contribution in [2.45, 2.75) is 0 Å². The first-order valence-electron chi connectivity index (χ1n) is 36.9. The summed E-state index contributed by atoms with van der Waals surface area (Å²) in [7, 11) is 0. The molecule has 12 nitrogen and oxygen atoms in total. The van der Waals surface area contributed by atoms with Gasteiger partial charge in [0.2, 0.25) is 0 Å². The molecular formula is C92H57FN12. The summed E-state index contributed by atoms with van der Waals surface area (Å²) in [6.07, 6.45) is 0. The summed E-state index contributed by atoms with van der Waals surface area (Å²) in [6.45, 7) is 0. The van der Waals surface area contributed by atoms with Crippen molar-refractivity contribution in [3.05, 3.63) is 357 Å². The Kier molecular flexibility index (Phi) is 14.2. The van der Waals surface area contributed by atoms with Gasteiger partial charge in [-0.1, -0.05) is 243 Å². The number of aromatic nitrogens is 10. The van der Waals surface area contributed by atoms with Crippen LogP contribution < -0.4 is 0 Å². The van der Waals surface area contributed by atoms with Gasteiger partial charge in [0, 0.05) is 93.4 Å². The fourth-order valence-corrected chi connectivity index (χ4v) is 14.0. The minimum Gasteiger partial charge on any atom is -0.354 e. The van der Waals surface area contributed by atoms with Gasteiger partial charge in [-0.15, -0.1) is 0 Å². The van der Waals surface area contributed by atoms with Gasteiger partial charge >= 0.3 is 0 Å². The third kappa shape index (κ3) is 11.3. The quantitative estimate of drug-likeness (QED) is 0.150. The lowest BCUT2D eigenvalue weighted by atomic mass is 10.1. The number of para-hydroxylation sites is 6. The highest BCUT2D eigenvalue weighted by molar-refractivity contribution is 6.27. The number of fused-ring (bicyclic) bond motifs is 14. The number of rotatable bonds is 9. The molecule has 0 spiro atoms. The summed E-state index contributed by atoms with van der Waals surface area (Å²) in [5, 5.41) is 29.1. The molecule has 0 radical (unpaired) electrons. The predicted molar refractivity (Wildman–Crippen MR) is 420 cm³/mol. The zero-order valence-electron chi connectivity index (χ0n) is 61.7. The van der Waals surface area contributed by atoms with E-state index in [0.717, 1.165) is 60.4 Å². The average molecular weight is 1360 g/mol. The largest absolute Gasteiger partial charge is 0.354 e. The van der Waals surface area contributed by atoms with E-state index < -0.39 is 29.5 Å². The second-order valence-corrected chi connectivity index (χ2v) is 24.9. The molecule has 6 heterocycles. The number of nitrogens with zero attached hydrogens (tertiary/aromatic N) is 11. The van der Waals surface area contributed by atoms with Gasteiger partial charge in [-0.3, -0.25) is 0 Å². The van der Waals surface area contributed by atoms with Crippen molar-refractivity contribution in [1.82, 2.24) is 48.6 Å². The molecule has 14 aromatic carbocycles. The van der Waals surface area contributed by atoms with Gasteiger partial charge in [0.1, 0.15) is 18.0 Å². The highest BCUT2D eigenvalue weighted by Gasteiger charge is 2.24. The zero-order chi connectivity index (χ0) is 75.5. The Labute approximate surface area is 609 Å². The monoisotopic (exact) mass is 1350 g/mol. The molecule has 0 saturated carbocycles. The molecule has 0 unspecified atom stereocenters. The molecule has 0 aliphatic heterocycles. The Morgan fingerprint density at radius 1 is 0.305 bits per heavy atom. The first-order chi connectivity index (χ1) is 54.5. The minimum atomic E-state index is -1.20. The summed E-state index contributed by atoms with van der Waals surface area (Å²) >= 11 is 0. The number of halogens is 1. The van der Waals surface area contributed by atoms with Crippen LogP contribution in [0.1, 0.15) is 19.4 Å². The number of nitrogens with one attached hydrogen (secondary N) is 1. The van der Waals surface area contributed by atoms with E-state index in [-0.39, 0.29) is 52.2 Å². The molecular weight excluding hydrogens is 1290 g/mol. The van der Waals surface area contributed by atoms with Gasteiger partial charge < -0.3 is 18.7 Å². The molecule has 105 heavy (non-hydrogen) atoms. The molecule has 0 bridgehead atoms. The topological polar surface area (TPSA) is 155 Å². The normalized spacial score (nSPS) is 12.1. The van der Waals surface area contributed by atoms with Crippen molar-refractivity contribution >= 4 is 87.2 Å². The van der Waals surface area contributed by atoms with Crippen LogP contribution >= 0.6 is 0 Å². The summed E-state index contributed by atoms with van der Waals surface area (Å²) in [5.41, 5.74) is 12.7. The molecule has 0 atom stereocenters. The molecule has 20 aromatic rings. The van der Waals surface area contributed by atoms with Gasteiger partial charge in [0.05, 0.1) is 63.7 Å². The van der Waals surface area contributed by atoms with Crippen molar-refractivity contribution in [3.63, 3.8) is 0 Å². The Morgan fingerprint density at radius 2 is 0.667 bits per heavy atom. The lowest BCUT2D eigenvalue weighted by molar-refractivity contribution is 0.624. The van der Waals surface area contributed by atoms with Crippen LogP contribution in [0.4, 0.5) is 4.39 Å². The lowest BCUT2D eigenvalue weighted by Gasteiger charge is -2.13. The molecule has 0 aliphatic rings. The van der Waals surface area contributed by atoms with E-state index in [4.69, 9.17) is 19.1 Å². The van der Waals surface area contributed by atoms with Gasteiger partial charge in [-0.2, -0.15) is 10.5 Å². The second-order valence-electron chi connectivity index (χ2n) is 24.9. The number of benzene rings is 14. The molecule has 13 heteroatoms. The molecule has 0 aliphatic carbocycles. The molecule has 1 N–H and O–H groups in total. The highest BCUT2D eigenvalue weighted by atomic mass is 19.1. The molecule has 6 aromatic heterocycles. The van der Waals surface area contributed by atoms with Crippen molar-refractivity contribution in [2.24, 2.45) is 0 Å². The summed E-state index contributed by atoms with van der Waals surface area (Å²) in [6, 6.07) is 101. The van der Waals surface area contributed by atoms with Crippen LogP contribution in [0.5, 0.6) is 0 Å². The molecule has 0 fully saturated rings. The van der Waals surface area contributed by atoms with Crippen molar-refractivity contribution in [1.29, 1.82) is 10.5 Å². The van der Waals surface area contributed by atoms with E-state index >= 15 is 0 Å². The number of H-pyrrole nitrogens is 1. The van der Waals surface area contributed by atoms with E-state index in [1.807, 2.05) is 156 Å². The second kappa shape index (κ2) is 26.7. The highest BCUT2D eigenvalue weighted by Crippen LogP contribution is 2.44. The fraction of sp³-hybridized carbons (Fsp3) is 0. The van der Waals surface area contributed by atoms with Crippen molar-refractivity contribution < 1.29 is 12.6 Å². The van der Waals surface area contributed by atoms with Gasteiger partial charge in [0.15, 0.2) is 34.9 Å². The van der Waals surface area contributed by atoms with Crippen LogP contribution in [-0.4, -0.2) is 48.6 Å². The summed E-state index contributed by atoms with van der Waals surface area (Å²) in [5.74, 6) is 0.100. The third-order valence-corrected chi connectivity index (χ3v) is 18.7. The zero-order valence-corrected chi connectivity index (χ0v) is 55.7. The molecule has 0 saturated heterocycles. The van der Waals surface area contributed by atoms with E-state index in [0.29, 0.717) is 34.4 Å². The summed E-state index contributed by atoms with van der Waals surface area (Å²) < 4.78 is 73.8. The number of nitriles is 2. The van der Waals surface area contributed by atoms with Crippen LogP contribution in [0.25, 0.3) is 173 Å². The minimum absolute atomic E-state index is 0.00587. The Morgan fingerprint density at radius 3 is 1.14 bits per heavy atom. The average Bonchev–Trinajstić information content (AvgIpc) is 1.55. The smallest absolute Gasteiger partial charge is 0.164 e. The van der Waals surface area contributed by atoms with E-state index in [1.54, 1.807) is 30.3 Å². The van der Waals surface area contributed by atoms with E-state index in [9.17, 15) is 19.0 Å². The van der Waals surface area contributed by atoms with Crippen molar-refractivity contribution in [2.75, 3.05) is 0 Å². The standard InChI is InChI=1S/C46H28N6.C24H16N2.C22H13FN4/c47-29-33-28-32(46-49-44(30-14-4-1-5-15-30)48-45(50-46)31-16-6-2-7-17-31)24-26-38(33)52-39-22-12-10-20-35(39)36-25-27-41-42(43(36)52)37-21-11-13-23-40(37)51(41)34-18-8-3-9-19-34;1-2-8-16(9-3-1)26-21-13-7-5-11-19(21)23-22(26)15-14-18-17-10-4-6-12-20(17)25-24(18)23;23-19-12-11-17(13-18(19)14-24)22-26-20(15-7-3-1-4-8-15)25-21(27-22)16-9-5-2-6-10-16/h1-28H;1-15,25H;1-13H/i24D,26D,28D;;11D,12D,13D. The maximum Gasteiger partial charge on any atom is 0.164 e. The molecule has 20 rings (SSSR count). The first kappa shape index (κ1) is 56.0. The Hall–Kier alpha value is -14.8. The maximum atomic E-state index is 14.2. The van der Waals surface area contributed by atoms with E-state index in [1.165, 1.54) is 49.3 Å². The fourth-order valence-electron chi connectivity index (χ4n) is 14.0. The Balaban J connectivity index is 0.000000129.